The number of hydrogen-bond acceptors (Lipinski definition) is 3. The molecule has 2 aliphatic carbocycles. The van der Waals surface area contributed by atoms with Crippen LogP contribution in [-0.2, 0) is 0 Å². The summed E-state index contributed by atoms with van der Waals surface area (Å²) in [5, 5.41) is 24.7. The molecule has 4 N–H and O–H groups in total. The van der Waals surface area contributed by atoms with Gasteiger partial charge in [0.2, 0.25) is 0 Å². The first-order valence-corrected chi connectivity index (χ1v) is 7.06. The number of aliphatic hydroxyl groups is 2. The lowest BCUT2D eigenvalue weighted by Gasteiger charge is -2.29. The summed E-state index contributed by atoms with van der Waals surface area (Å²) in [7, 11) is 0. The number of carbonyl (C=O) groups excluding carboxylic acids is 1. The van der Waals surface area contributed by atoms with E-state index >= 15 is 0 Å². The summed E-state index contributed by atoms with van der Waals surface area (Å²) in [4.78, 5) is 11.8. The standard InChI is InChI=1S/C13H24N2O3/c16-11-5-1-9(2-6-11)14-13(18)15-10-3-7-12(17)8-4-10/h9-12,16-17H,1-8H2,(H2,14,15,18)/t9-,10-,11-,12-. The maximum atomic E-state index is 11.8. The molecule has 0 spiro atoms. The molecule has 2 rings (SSSR count). The average Bonchev–Trinajstić information content (AvgIpc) is 2.35. The Kier molecular flexibility index (Phi) is 4.83. The number of amides is 2. The molecule has 104 valence electrons. The third-order valence-electron chi connectivity index (χ3n) is 4.06. The van der Waals surface area contributed by atoms with Crippen molar-refractivity contribution >= 4 is 6.03 Å². The molecular weight excluding hydrogens is 232 g/mol. The molecule has 0 aromatic heterocycles. The SMILES string of the molecule is O=C(N[C@H]1CC[C@H](O)CC1)N[C@H]1CC[C@H](O)CC1. The van der Waals surface area contributed by atoms with Crippen LogP contribution in [-0.4, -0.2) is 40.5 Å². The van der Waals surface area contributed by atoms with Crippen LogP contribution in [0.1, 0.15) is 51.4 Å². The van der Waals surface area contributed by atoms with Gasteiger partial charge in [-0.05, 0) is 51.4 Å². The molecule has 0 unspecified atom stereocenters. The Bertz CT molecular complexity index is 243. The molecule has 0 atom stereocenters. The minimum Gasteiger partial charge on any atom is -0.393 e. The second-order valence-electron chi connectivity index (χ2n) is 5.63. The highest BCUT2D eigenvalue weighted by molar-refractivity contribution is 5.74. The number of hydrogen-bond donors (Lipinski definition) is 4. The maximum absolute atomic E-state index is 11.8. The van der Waals surface area contributed by atoms with Crippen LogP contribution in [0.25, 0.3) is 0 Å². The number of rotatable bonds is 2. The van der Waals surface area contributed by atoms with Crippen molar-refractivity contribution in [3.05, 3.63) is 0 Å². The summed E-state index contributed by atoms with van der Waals surface area (Å²) in [5.74, 6) is 0. The van der Waals surface area contributed by atoms with Crippen LogP contribution in [0, 0.1) is 0 Å². The molecule has 2 fully saturated rings. The molecule has 18 heavy (non-hydrogen) atoms. The maximum Gasteiger partial charge on any atom is 0.315 e. The van der Waals surface area contributed by atoms with E-state index < -0.39 is 0 Å². The number of urea groups is 1. The smallest absolute Gasteiger partial charge is 0.315 e. The lowest BCUT2D eigenvalue weighted by molar-refractivity contribution is 0.113. The van der Waals surface area contributed by atoms with Crippen molar-refractivity contribution in [1.29, 1.82) is 0 Å². The Balaban J connectivity index is 1.66. The quantitative estimate of drug-likeness (QED) is 0.592. The van der Waals surface area contributed by atoms with Gasteiger partial charge in [0.25, 0.3) is 0 Å². The summed E-state index contributed by atoms with van der Waals surface area (Å²) in [5.41, 5.74) is 0. The molecule has 2 aliphatic rings. The Labute approximate surface area is 108 Å². The van der Waals surface area contributed by atoms with Gasteiger partial charge in [0.05, 0.1) is 12.2 Å². The van der Waals surface area contributed by atoms with Crippen LogP contribution in [0.15, 0.2) is 0 Å². The zero-order valence-corrected chi connectivity index (χ0v) is 10.8. The topological polar surface area (TPSA) is 81.6 Å². The highest BCUT2D eigenvalue weighted by atomic mass is 16.3. The molecule has 5 nitrogen and oxygen atoms in total. The lowest BCUT2D eigenvalue weighted by atomic mass is 9.92. The van der Waals surface area contributed by atoms with Crippen LogP contribution in [0.3, 0.4) is 0 Å². The molecule has 0 heterocycles. The molecule has 0 aliphatic heterocycles. The van der Waals surface area contributed by atoms with Crippen molar-refractivity contribution in [3.63, 3.8) is 0 Å². The molecule has 2 saturated carbocycles. The van der Waals surface area contributed by atoms with Crippen molar-refractivity contribution in [3.8, 4) is 0 Å². The third-order valence-corrected chi connectivity index (χ3v) is 4.06. The van der Waals surface area contributed by atoms with Crippen LogP contribution in [0.5, 0.6) is 0 Å². The monoisotopic (exact) mass is 256 g/mol. The minimum absolute atomic E-state index is 0.0993. The zero-order valence-electron chi connectivity index (χ0n) is 10.8. The fraction of sp³-hybridized carbons (Fsp3) is 0.923. The molecule has 0 aromatic carbocycles. The zero-order chi connectivity index (χ0) is 13.0. The van der Waals surface area contributed by atoms with Gasteiger partial charge in [-0.1, -0.05) is 0 Å². The summed E-state index contributed by atoms with van der Waals surface area (Å²) < 4.78 is 0. The summed E-state index contributed by atoms with van der Waals surface area (Å²) in [6.45, 7) is 0. The molecule has 0 bridgehead atoms. The van der Waals surface area contributed by atoms with Crippen molar-refractivity contribution < 1.29 is 15.0 Å². The molecule has 5 heteroatoms. The second kappa shape index (κ2) is 6.38. The van der Waals surface area contributed by atoms with Crippen LogP contribution >= 0.6 is 0 Å². The van der Waals surface area contributed by atoms with Crippen molar-refractivity contribution in [1.82, 2.24) is 10.6 Å². The fourth-order valence-corrected chi connectivity index (χ4v) is 2.85. The number of carbonyl (C=O) groups is 1. The fourth-order valence-electron chi connectivity index (χ4n) is 2.85. The van der Waals surface area contributed by atoms with Crippen LogP contribution in [0.4, 0.5) is 4.79 Å². The highest BCUT2D eigenvalue weighted by Gasteiger charge is 2.23. The first kappa shape index (κ1) is 13.6. The van der Waals surface area contributed by atoms with Gasteiger partial charge in [-0.15, -0.1) is 0 Å². The Morgan fingerprint density at radius 1 is 0.722 bits per heavy atom. The van der Waals surface area contributed by atoms with E-state index in [1.807, 2.05) is 0 Å². The lowest BCUT2D eigenvalue weighted by Crippen LogP contribution is -2.48. The van der Waals surface area contributed by atoms with E-state index in [-0.39, 0.29) is 30.3 Å². The van der Waals surface area contributed by atoms with Gasteiger partial charge in [-0.2, -0.15) is 0 Å². The van der Waals surface area contributed by atoms with E-state index in [1.54, 1.807) is 0 Å². The molecule has 0 radical (unpaired) electrons. The largest absolute Gasteiger partial charge is 0.393 e. The average molecular weight is 256 g/mol. The van der Waals surface area contributed by atoms with Gasteiger partial charge in [0.1, 0.15) is 0 Å². The van der Waals surface area contributed by atoms with E-state index in [0.717, 1.165) is 51.4 Å². The van der Waals surface area contributed by atoms with Crippen LogP contribution in [0.2, 0.25) is 0 Å². The Hall–Kier alpha value is -0.810. The molecule has 0 saturated heterocycles. The van der Waals surface area contributed by atoms with Crippen molar-refractivity contribution in [2.75, 3.05) is 0 Å². The van der Waals surface area contributed by atoms with E-state index in [2.05, 4.69) is 10.6 Å². The van der Waals surface area contributed by atoms with E-state index in [4.69, 9.17) is 0 Å². The third kappa shape index (κ3) is 4.14. The molecular formula is C13H24N2O3. The summed E-state index contributed by atoms with van der Waals surface area (Å²) in [6.07, 6.45) is 6.17. The number of nitrogens with one attached hydrogen (secondary N) is 2. The first-order valence-electron chi connectivity index (χ1n) is 7.06. The van der Waals surface area contributed by atoms with E-state index in [1.165, 1.54) is 0 Å². The van der Waals surface area contributed by atoms with Gasteiger partial charge >= 0.3 is 6.03 Å². The Morgan fingerprint density at radius 3 is 1.39 bits per heavy atom. The van der Waals surface area contributed by atoms with Gasteiger partial charge < -0.3 is 20.8 Å². The van der Waals surface area contributed by atoms with Gasteiger partial charge in [-0.25, -0.2) is 4.79 Å². The van der Waals surface area contributed by atoms with Crippen molar-refractivity contribution in [2.24, 2.45) is 0 Å². The van der Waals surface area contributed by atoms with Crippen LogP contribution < -0.4 is 10.6 Å². The Morgan fingerprint density at radius 2 is 1.06 bits per heavy atom. The minimum atomic E-state index is -0.189. The van der Waals surface area contributed by atoms with Gasteiger partial charge in [0, 0.05) is 12.1 Å². The predicted octanol–water partition coefficient (Wildman–Crippen LogP) is 0.893. The predicted molar refractivity (Wildman–Crippen MR) is 68.2 cm³/mol. The van der Waals surface area contributed by atoms with Gasteiger partial charge in [0.15, 0.2) is 0 Å². The molecule has 0 aromatic rings. The van der Waals surface area contributed by atoms with E-state index in [0.29, 0.717) is 0 Å². The highest BCUT2D eigenvalue weighted by Crippen LogP contribution is 2.19. The van der Waals surface area contributed by atoms with Gasteiger partial charge in [-0.3, -0.25) is 0 Å². The normalized spacial score (nSPS) is 37.0. The van der Waals surface area contributed by atoms with Crippen molar-refractivity contribution in [2.45, 2.75) is 75.7 Å². The first-order chi connectivity index (χ1) is 8.63. The second-order valence-corrected chi connectivity index (χ2v) is 5.63. The summed E-state index contributed by atoms with van der Waals surface area (Å²) in [6, 6.07) is 0.294. The summed E-state index contributed by atoms with van der Waals surface area (Å²) >= 11 is 0. The molecule has 2 amide bonds. The number of aliphatic hydroxyl groups excluding tert-OH is 2. The van der Waals surface area contributed by atoms with E-state index in [9.17, 15) is 15.0 Å².